The average molecular weight is 307 g/mol. The van der Waals surface area contributed by atoms with Crippen LogP contribution in [-0.4, -0.2) is 18.7 Å². The molecule has 2 saturated heterocycles. The largest absolute Gasteiger partial charge is 0.493 e. The minimum absolute atomic E-state index is 0.686. The molecule has 0 aliphatic carbocycles. The predicted molar refractivity (Wildman–Crippen MR) is 91.9 cm³/mol. The van der Waals surface area contributed by atoms with Crippen molar-refractivity contribution in [3.05, 3.63) is 42.5 Å². The van der Waals surface area contributed by atoms with E-state index in [4.69, 9.17) is 9.15 Å². The molecule has 0 saturated carbocycles. The fourth-order valence-corrected chi connectivity index (χ4v) is 4.32. The molecule has 2 bridgehead atoms. The first-order chi connectivity index (χ1) is 11.3. The summed E-state index contributed by atoms with van der Waals surface area (Å²) in [6.07, 6.45) is 5.20. The topological polar surface area (TPSA) is 34.4 Å². The van der Waals surface area contributed by atoms with Crippen molar-refractivity contribution in [1.29, 1.82) is 0 Å². The van der Waals surface area contributed by atoms with Crippen LogP contribution < -0.4 is 10.1 Å². The number of furan rings is 1. The van der Waals surface area contributed by atoms with Crippen molar-refractivity contribution in [3.63, 3.8) is 0 Å². The van der Waals surface area contributed by atoms with Gasteiger partial charge in [-0.25, -0.2) is 0 Å². The highest BCUT2D eigenvalue weighted by atomic mass is 16.5. The first-order valence-corrected chi connectivity index (χ1v) is 8.65. The van der Waals surface area contributed by atoms with Gasteiger partial charge < -0.3 is 14.5 Å². The number of fused-ring (bicyclic) bond motifs is 5. The molecular formula is C20H21NO2. The van der Waals surface area contributed by atoms with E-state index < -0.39 is 0 Å². The van der Waals surface area contributed by atoms with Crippen LogP contribution in [0, 0.1) is 5.92 Å². The molecule has 3 heteroatoms. The Morgan fingerprint density at radius 3 is 2.61 bits per heavy atom. The molecule has 3 atom stereocenters. The van der Waals surface area contributed by atoms with Crippen molar-refractivity contribution in [3.8, 4) is 5.75 Å². The van der Waals surface area contributed by atoms with Crippen LogP contribution in [-0.2, 0) is 0 Å². The van der Waals surface area contributed by atoms with Crippen molar-refractivity contribution in [2.45, 2.75) is 37.8 Å². The molecule has 0 radical (unpaired) electrons. The molecule has 0 spiro atoms. The smallest absolute Gasteiger partial charge is 0.135 e. The fourth-order valence-electron chi connectivity index (χ4n) is 4.32. The van der Waals surface area contributed by atoms with Crippen molar-refractivity contribution in [2.24, 2.45) is 5.92 Å². The Labute approximate surface area is 135 Å². The number of hydrogen-bond donors (Lipinski definition) is 1. The first-order valence-electron chi connectivity index (χ1n) is 8.65. The van der Waals surface area contributed by atoms with E-state index >= 15 is 0 Å². The van der Waals surface area contributed by atoms with Gasteiger partial charge in [0, 0.05) is 22.9 Å². The molecule has 2 aliphatic heterocycles. The van der Waals surface area contributed by atoms with Gasteiger partial charge >= 0.3 is 0 Å². The van der Waals surface area contributed by atoms with Gasteiger partial charge in [0.2, 0.25) is 0 Å². The Morgan fingerprint density at radius 1 is 0.957 bits per heavy atom. The summed E-state index contributed by atoms with van der Waals surface area (Å²) < 4.78 is 12.0. The number of rotatable bonds is 3. The van der Waals surface area contributed by atoms with Crippen molar-refractivity contribution in [2.75, 3.05) is 6.61 Å². The normalized spacial score (nSPS) is 26.9. The number of ether oxygens (including phenoxy) is 1. The number of benzene rings is 2. The molecular weight excluding hydrogens is 286 g/mol. The first kappa shape index (κ1) is 13.4. The van der Waals surface area contributed by atoms with Crippen molar-refractivity contribution >= 4 is 21.9 Å². The molecule has 2 aliphatic rings. The molecule has 5 rings (SSSR count). The highest BCUT2D eigenvalue weighted by molar-refractivity contribution is 6.05. The second-order valence-corrected chi connectivity index (χ2v) is 7.04. The van der Waals surface area contributed by atoms with E-state index in [1.807, 2.05) is 24.3 Å². The Hall–Kier alpha value is -2.00. The lowest BCUT2D eigenvalue weighted by molar-refractivity contribution is 0.190. The maximum Gasteiger partial charge on any atom is 0.135 e. The summed E-state index contributed by atoms with van der Waals surface area (Å²) in [4.78, 5) is 0. The van der Waals surface area contributed by atoms with Gasteiger partial charge in [-0.05, 0) is 55.9 Å². The quantitative estimate of drug-likeness (QED) is 0.774. The molecule has 1 aromatic heterocycles. The summed E-state index contributed by atoms with van der Waals surface area (Å²) in [5.41, 5.74) is 1.87. The van der Waals surface area contributed by atoms with Crippen molar-refractivity contribution in [1.82, 2.24) is 5.32 Å². The van der Waals surface area contributed by atoms with Gasteiger partial charge in [-0.15, -0.1) is 0 Å². The number of nitrogens with one attached hydrogen (secondary N) is 1. The standard InChI is InChI=1S/C20H21NO2/c1-2-4-19-17(3-1)18-11-16(7-8-20(18)23-19)22-12-13-9-14-5-6-15(10-13)21-14/h1-4,7-8,11,13-15,21H,5-6,9-10,12H2/t13-,14-,15+. The van der Waals surface area contributed by atoms with Crippen molar-refractivity contribution < 1.29 is 9.15 Å². The third-order valence-electron chi connectivity index (χ3n) is 5.40. The summed E-state index contributed by atoms with van der Waals surface area (Å²) in [5.74, 6) is 1.64. The SMILES string of the molecule is c1ccc2c(c1)oc1ccc(OC[C@@H]3C[C@H]4CC[C@@H](C3)N4)cc12. The van der Waals surface area contributed by atoms with E-state index in [9.17, 15) is 0 Å². The zero-order chi connectivity index (χ0) is 15.2. The van der Waals surface area contributed by atoms with E-state index in [1.165, 1.54) is 25.7 Å². The molecule has 3 nitrogen and oxygen atoms in total. The van der Waals surface area contributed by atoms with Crippen LogP contribution in [0.2, 0.25) is 0 Å². The number of piperidine rings is 1. The molecule has 3 aromatic rings. The monoisotopic (exact) mass is 307 g/mol. The van der Waals surface area contributed by atoms with Gasteiger partial charge in [0.15, 0.2) is 0 Å². The second kappa shape index (κ2) is 5.27. The van der Waals surface area contributed by atoms with Crippen LogP contribution in [0.3, 0.4) is 0 Å². The summed E-state index contributed by atoms with van der Waals surface area (Å²) in [5, 5.41) is 5.99. The van der Waals surface area contributed by atoms with Crippen LogP contribution in [0.5, 0.6) is 5.75 Å². The van der Waals surface area contributed by atoms with Gasteiger partial charge in [0.05, 0.1) is 6.61 Å². The molecule has 0 amide bonds. The predicted octanol–water partition coefficient (Wildman–Crippen LogP) is 4.50. The number of hydrogen-bond acceptors (Lipinski definition) is 3. The third kappa shape index (κ3) is 2.40. The Kier molecular flexibility index (Phi) is 3.08. The zero-order valence-corrected chi connectivity index (χ0v) is 13.1. The van der Waals surface area contributed by atoms with Crippen LogP contribution in [0.1, 0.15) is 25.7 Å². The average Bonchev–Trinajstić information content (AvgIpc) is 3.12. The summed E-state index contributed by atoms with van der Waals surface area (Å²) in [6.45, 7) is 0.829. The van der Waals surface area contributed by atoms with Gasteiger partial charge in [-0.2, -0.15) is 0 Å². The maximum atomic E-state index is 6.13. The zero-order valence-electron chi connectivity index (χ0n) is 13.1. The van der Waals surface area contributed by atoms with E-state index in [2.05, 4.69) is 23.5 Å². The van der Waals surface area contributed by atoms with Crippen LogP contribution in [0.15, 0.2) is 46.9 Å². The lowest BCUT2D eigenvalue weighted by Gasteiger charge is -2.28. The summed E-state index contributed by atoms with van der Waals surface area (Å²) >= 11 is 0. The minimum Gasteiger partial charge on any atom is -0.493 e. The molecule has 1 N–H and O–H groups in total. The Morgan fingerprint density at radius 2 is 1.74 bits per heavy atom. The lowest BCUT2D eigenvalue weighted by atomic mass is 9.93. The summed E-state index contributed by atoms with van der Waals surface area (Å²) in [7, 11) is 0. The molecule has 2 aromatic carbocycles. The highest BCUT2D eigenvalue weighted by Gasteiger charge is 2.33. The minimum atomic E-state index is 0.686. The van der Waals surface area contributed by atoms with E-state index in [0.717, 1.165) is 46.4 Å². The van der Waals surface area contributed by atoms with Gasteiger partial charge in [-0.1, -0.05) is 18.2 Å². The van der Waals surface area contributed by atoms with Crippen LogP contribution in [0.25, 0.3) is 21.9 Å². The molecule has 23 heavy (non-hydrogen) atoms. The number of para-hydroxylation sites is 1. The molecule has 118 valence electrons. The van der Waals surface area contributed by atoms with Crippen LogP contribution in [0.4, 0.5) is 0 Å². The summed E-state index contributed by atoms with van der Waals surface area (Å²) in [6, 6.07) is 15.8. The lowest BCUT2D eigenvalue weighted by Crippen LogP contribution is -2.39. The second-order valence-electron chi connectivity index (χ2n) is 7.04. The Balaban J connectivity index is 1.37. The van der Waals surface area contributed by atoms with E-state index in [1.54, 1.807) is 0 Å². The van der Waals surface area contributed by atoms with E-state index in [0.29, 0.717) is 5.92 Å². The fraction of sp³-hybridized carbons (Fsp3) is 0.400. The van der Waals surface area contributed by atoms with Gasteiger partial charge in [0.1, 0.15) is 16.9 Å². The third-order valence-corrected chi connectivity index (χ3v) is 5.40. The molecule has 0 unspecified atom stereocenters. The van der Waals surface area contributed by atoms with Gasteiger partial charge in [0.25, 0.3) is 0 Å². The van der Waals surface area contributed by atoms with E-state index in [-0.39, 0.29) is 0 Å². The maximum absolute atomic E-state index is 6.13. The van der Waals surface area contributed by atoms with Crippen LogP contribution >= 0.6 is 0 Å². The molecule has 3 heterocycles. The Bertz CT molecular complexity index is 841. The molecule has 2 fully saturated rings. The van der Waals surface area contributed by atoms with Gasteiger partial charge in [-0.3, -0.25) is 0 Å². The highest BCUT2D eigenvalue weighted by Crippen LogP contribution is 2.33.